The van der Waals surface area contributed by atoms with E-state index >= 15 is 0 Å². The molecule has 0 radical (unpaired) electrons. The van der Waals surface area contributed by atoms with E-state index in [1.165, 1.54) is 31.7 Å². The van der Waals surface area contributed by atoms with Crippen LogP contribution in [0, 0.1) is 0 Å². The van der Waals surface area contributed by atoms with Gasteiger partial charge in [0.15, 0.2) is 0 Å². The zero-order valence-electron chi connectivity index (χ0n) is 9.49. The molecule has 0 aromatic heterocycles. The van der Waals surface area contributed by atoms with Gasteiger partial charge in [0.2, 0.25) is 0 Å². The van der Waals surface area contributed by atoms with Crippen molar-refractivity contribution in [2.24, 2.45) is 0 Å². The van der Waals surface area contributed by atoms with Gasteiger partial charge >= 0.3 is 5.97 Å². The van der Waals surface area contributed by atoms with E-state index in [9.17, 15) is 4.79 Å². The molecule has 0 spiro atoms. The van der Waals surface area contributed by atoms with Gasteiger partial charge in [-0.05, 0) is 30.5 Å². The van der Waals surface area contributed by atoms with Crippen molar-refractivity contribution in [1.82, 2.24) is 0 Å². The van der Waals surface area contributed by atoms with Crippen LogP contribution in [0.15, 0.2) is 18.2 Å². The monoisotopic (exact) mass is 270 g/mol. The molecule has 4 heteroatoms. The largest absolute Gasteiger partial charge is 0.478 e. The van der Waals surface area contributed by atoms with E-state index < -0.39 is 5.97 Å². The summed E-state index contributed by atoms with van der Waals surface area (Å²) in [5.74, 6) is -0.0504. The van der Waals surface area contributed by atoms with Crippen LogP contribution in [0.5, 0.6) is 0 Å². The van der Waals surface area contributed by atoms with Crippen LogP contribution in [-0.4, -0.2) is 16.3 Å². The number of aromatic carboxylic acids is 1. The number of hydrogen-bond acceptors (Lipinski definition) is 2. The fraction of sp³-hybridized carbons (Fsp3) is 0.462. The highest BCUT2D eigenvalue weighted by Gasteiger charge is 2.16. The van der Waals surface area contributed by atoms with E-state index in [2.05, 4.69) is 0 Å². The summed E-state index contributed by atoms with van der Waals surface area (Å²) in [5, 5.41) is 10.2. The predicted octanol–water partition coefficient (Wildman–Crippen LogP) is 4.21. The molecule has 2 rings (SSSR count). The number of carboxylic acids is 1. The van der Waals surface area contributed by atoms with Gasteiger partial charge in [-0.2, -0.15) is 11.8 Å². The SMILES string of the molecule is O=C(O)c1ccc(CSC2CCCC2)c(Cl)c1. The lowest BCUT2D eigenvalue weighted by atomic mass is 10.1. The Hall–Kier alpha value is -0.670. The molecule has 17 heavy (non-hydrogen) atoms. The summed E-state index contributed by atoms with van der Waals surface area (Å²) >= 11 is 8.02. The molecule has 1 aromatic carbocycles. The molecule has 92 valence electrons. The molecule has 0 atom stereocenters. The van der Waals surface area contributed by atoms with Crippen LogP contribution >= 0.6 is 23.4 Å². The third kappa shape index (κ3) is 3.39. The number of carbonyl (C=O) groups is 1. The molecule has 0 heterocycles. The molecule has 1 fully saturated rings. The molecule has 0 saturated heterocycles. The smallest absolute Gasteiger partial charge is 0.335 e. The van der Waals surface area contributed by atoms with Gasteiger partial charge in [0, 0.05) is 16.0 Å². The summed E-state index contributed by atoms with van der Waals surface area (Å²) in [6.07, 6.45) is 5.28. The highest BCUT2D eigenvalue weighted by molar-refractivity contribution is 7.99. The maximum Gasteiger partial charge on any atom is 0.335 e. The van der Waals surface area contributed by atoms with Gasteiger partial charge in [-0.15, -0.1) is 0 Å². The number of rotatable bonds is 4. The number of thioether (sulfide) groups is 1. The quantitative estimate of drug-likeness (QED) is 0.890. The maximum absolute atomic E-state index is 10.8. The van der Waals surface area contributed by atoms with Gasteiger partial charge in [-0.1, -0.05) is 30.5 Å². The average Bonchev–Trinajstić information content (AvgIpc) is 2.80. The third-order valence-corrected chi connectivity index (χ3v) is 4.85. The lowest BCUT2D eigenvalue weighted by molar-refractivity contribution is 0.0697. The maximum atomic E-state index is 10.8. The van der Waals surface area contributed by atoms with E-state index in [1.54, 1.807) is 6.07 Å². The Bertz CT molecular complexity index is 414. The molecule has 2 nitrogen and oxygen atoms in total. The standard InChI is InChI=1S/C13H15ClO2S/c14-12-7-9(13(15)16)5-6-10(12)8-17-11-3-1-2-4-11/h5-7,11H,1-4,8H2,(H,15,16). The second-order valence-electron chi connectivity index (χ2n) is 4.33. The third-order valence-electron chi connectivity index (χ3n) is 3.08. The van der Waals surface area contributed by atoms with Crippen LogP contribution in [0.25, 0.3) is 0 Å². The molecule has 0 aliphatic heterocycles. The second-order valence-corrected chi connectivity index (χ2v) is 6.02. The number of hydrogen-bond donors (Lipinski definition) is 1. The fourth-order valence-electron chi connectivity index (χ4n) is 2.06. The lowest BCUT2D eigenvalue weighted by Crippen LogP contribution is -1.98. The molecule has 1 N–H and O–H groups in total. The Labute approximate surface area is 110 Å². The number of halogens is 1. The topological polar surface area (TPSA) is 37.3 Å². The van der Waals surface area contributed by atoms with Crippen molar-refractivity contribution < 1.29 is 9.90 Å². The summed E-state index contributed by atoms with van der Waals surface area (Å²) in [4.78, 5) is 10.8. The highest BCUT2D eigenvalue weighted by atomic mass is 35.5. The Balaban J connectivity index is 1.98. The van der Waals surface area contributed by atoms with Crippen molar-refractivity contribution in [2.45, 2.75) is 36.7 Å². The second kappa shape index (κ2) is 5.78. The molecule has 1 saturated carbocycles. The minimum absolute atomic E-state index is 0.254. The van der Waals surface area contributed by atoms with Crippen molar-refractivity contribution in [1.29, 1.82) is 0 Å². The van der Waals surface area contributed by atoms with Crippen molar-refractivity contribution in [2.75, 3.05) is 0 Å². The van der Waals surface area contributed by atoms with Crippen molar-refractivity contribution >= 4 is 29.3 Å². The van der Waals surface area contributed by atoms with E-state index in [1.807, 2.05) is 17.8 Å². The summed E-state index contributed by atoms with van der Waals surface area (Å²) in [7, 11) is 0. The van der Waals surface area contributed by atoms with Crippen molar-refractivity contribution in [3.63, 3.8) is 0 Å². The minimum Gasteiger partial charge on any atom is -0.478 e. The van der Waals surface area contributed by atoms with Gasteiger partial charge in [-0.25, -0.2) is 4.79 Å². The highest BCUT2D eigenvalue weighted by Crippen LogP contribution is 2.33. The Morgan fingerprint density at radius 3 is 2.71 bits per heavy atom. The predicted molar refractivity (Wildman–Crippen MR) is 72.0 cm³/mol. The van der Waals surface area contributed by atoms with E-state index in [0.29, 0.717) is 5.02 Å². The van der Waals surface area contributed by atoms with Gasteiger partial charge in [0.25, 0.3) is 0 Å². The zero-order valence-corrected chi connectivity index (χ0v) is 11.1. The molecule has 0 amide bonds. The van der Waals surface area contributed by atoms with Gasteiger partial charge in [0.05, 0.1) is 5.56 Å². The fourth-order valence-corrected chi connectivity index (χ4v) is 3.72. The molecule has 1 aromatic rings. The van der Waals surface area contributed by atoms with Crippen LogP contribution in [-0.2, 0) is 5.75 Å². The number of carboxylic acid groups (broad SMARTS) is 1. The summed E-state index contributed by atoms with van der Waals surface area (Å²) in [6, 6.07) is 4.99. The minimum atomic E-state index is -0.929. The van der Waals surface area contributed by atoms with E-state index in [0.717, 1.165) is 16.6 Å². The molecular weight excluding hydrogens is 256 g/mol. The van der Waals surface area contributed by atoms with Crippen LogP contribution in [0.1, 0.15) is 41.6 Å². The van der Waals surface area contributed by atoms with Crippen LogP contribution < -0.4 is 0 Å². The molecule has 0 bridgehead atoms. The van der Waals surface area contributed by atoms with Gasteiger partial charge < -0.3 is 5.11 Å². The first-order chi connectivity index (χ1) is 8.16. The molecule has 1 aliphatic rings. The average molecular weight is 271 g/mol. The lowest BCUT2D eigenvalue weighted by Gasteiger charge is -2.10. The van der Waals surface area contributed by atoms with Gasteiger partial charge in [-0.3, -0.25) is 0 Å². The number of benzene rings is 1. The first-order valence-electron chi connectivity index (χ1n) is 5.80. The molecular formula is C13H15ClO2S. The summed E-state index contributed by atoms with van der Waals surface area (Å²) < 4.78 is 0. The normalized spacial score (nSPS) is 16.3. The first-order valence-corrected chi connectivity index (χ1v) is 7.23. The molecule has 1 aliphatic carbocycles. The summed E-state index contributed by atoms with van der Waals surface area (Å²) in [5.41, 5.74) is 1.29. The van der Waals surface area contributed by atoms with Crippen molar-refractivity contribution in [3.05, 3.63) is 34.3 Å². The van der Waals surface area contributed by atoms with E-state index in [4.69, 9.17) is 16.7 Å². The zero-order chi connectivity index (χ0) is 12.3. The van der Waals surface area contributed by atoms with Crippen LogP contribution in [0.4, 0.5) is 0 Å². The Kier molecular flexibility index (Phi) is 4.35. The van der Waals surface area contributed by atoms with Crippen LogP contribution in [0.3, 0.4) is 0 Å². The summed E-state index contributed by atoms with van der Waals surface area (Å²) in [6.45, 7) is 0. The van der Waals surface area contributed by atoms with E-state index in [-0.39, 0.29) is 5.56 Å². The van der Waals surface area contributed by atoms with Crippen molar-refractivity contribution in [3.8, 4) is 0 Å². The Morgan fingerprint density at radius 1 is 1.41 bits per heavy atom. The van der Waals surface area contributed by atoms with Crippen LogP contribution in [0.2, 0.25) is 5.02 Å². The van der Waals surface area contributed by atoms with Gasteiger partial charge in [0.1, 0.15) is 0 Å². The first kappa shape index (κ1) is 12.8. The molecule has 0 unspecified atom stereocenters. The Morgan fingerprint density at radius 2 is 2.12 bits per heavy atom.